The van der Waals surface area contributed by atoms with Gasteiger partial charge in [0.15, 0.2) is 9.84 Å². The van der Waals surface area contributed by atoms with Crippen LogP contribution in [-0.4, -0.2) is 27.3 Å². The van der Waals surface area contributed by atoms with Crippen LogP contribution in [0.4, 0.5) is 0 Å². The summed E-state index contributed by atoms with van der Waals surface area (Å²) in [6.45, 7) is 5.62. The Bertz CT molecular complexity index is 394. The largest absolute Gasteiger partial charge is 0.316 e. The van der Waals surface area contributed by atoms with E-state index in [1.807, 2.05) is 13.0 Å². The summed E-state index contributed by atoms with van der Waals surface area (Å²) in [5.74, 6) is 0.218. The van der Waals surface area contributed by atoms with Crippen molar-refractivity contribution in [2.45, 2.75) is 39.5 Å². The molecule has 0 aromatic carbocycles. The fourth-order valence-corrected chi connectivity index (χ4v) is 3.11. The van der Waals surface area contributed by atoms with Gasteiger partial charge in [0.25, 0.3) is 0 Å². The molecule has 0 atom stereocenters. The van der Waals surface area contributed by atoms with Crippen LogP contribution in [-0.2, 0) is 9.84 Å². The highest BCUT2D eigenvalue weighted by atomic mass is 32.2. The van der Waals surface area contributed by atoms with E-state index in [1.54, 1.807) is 6.08 Å². The third-order valence-corrected chi connectivity index (χ3v) is 4.85. The second-order valence-electron chi connectivity index (χ2n) is 4.57. The summed E-state index contributed by atoms with van der Waals surface area (Å²) in [7, 11) is -3.04. The average molecular weight is 257 g/mol. The Hall–Kier alpha value is -0.610. The predicted molar refractivity (Wildman–Crippen MR) is 72.6 cm³/mol. The van der Waals surface area contributed by atoms with Crippen molar-refractivity contribution in [3.63, 3.8) is 0 Å². The second kappa shape index (κ2) is 6.97. The van der Waals surface area contributed by atoms with Crippen LogP contribution in [0.3, 0.4) is 0 Å². The molecular formula is C13H23NO2S. The summed E-state index contributed by atoms with van der Waals surface area (Å²) in [5, 5.41) is 3.17. The van der Waals surface area contributed by atoms with E-state index in [4.69, 9.17) is 0 Å². The monoisotopic (exact) mass is 257 g/mol. The molecule has 1 rings (SSSR count). The van der Waals surface area contributed by atoms with Crippen molar-refractivity contribution in [2.75, 3.05) is 18.8 Å². The Labute approximate surface area is 105 Å². The van der Waals surface area contributed by atoms with Gasteiger partial charge in [-0.15, -0.1) is 0 Å². The number of sulfone groups is 1. The van der Waals surface area contributed by atoms with Gasteiger partial charge in [0.05, 0.1) is 5.75 Å². The standard InChI is InChI=1S/C13H23NO2S/c1-3-4-9-14-10-11-17(15,16)13-7-5-12(2)6-8-13/h5,7,14H,3-4,6,8-11H2,1-2H3. The lowest BCUT2D eigenvalue weighted by molar-refractivity contribution is 0.592. The molecule has 0 radical (unpaired) electrons. The van der Waals surface area contributed by atoms with Gasteiger partial charge >= 0.3 is 0 Å². The van der Waals surface area contributed by atoms with E-state index in [2.05, 4.69) is 12.2 Å². The van der Waals surface area contributed by atoms with E-state index < -0.39 is 9.84 Å². The molecule has 3 nitrogen and oxygen atoms in total. The summed E-state index contributed by atoms with van der Waals surface area (Å²) in [5.41, 5.74) is 1.25. The fourth-order valence-electron chi connectivity index (χ4n) is 1.75. The molecule has 1 N–H and O–H groups in total. The molecule has 4 heteroatoms. The molecule has 0 saturated carbocycles. The highest BCUT2D eigenvalue weighted by Crippen LogP contribution is 2.22. The molecule has 98 valence electrons. The zero-order chi connectivity index (χ0) is 12.7. The second-order valence-corrected chi connectivity index (χ2v) is 6.73. The smallest absolute Gasteiger partial charge is 0.175 e. The Morgan fingerprint density at radius 2 is 2.00 bits per heavy atom. The lowest BCUT2D eigenvalue weighted by Gasteiger charge is -2.13. The van der Waals surface area contributed by atoms with Crippen molar-refractivity contribution in [1.82, 2.24) is 5.32 Å². The van der Waals surface area contributed by atoms with Gasteiger partial charge < -0.3 is 5.32 Å². The quantitative estimate of drug-likeness (QED) is 0.712. The summed E-state index contributed by atoms with van der Waals surface area (Å²) < 4.78 is 24.0. The number of nitrogens with one attached hydrogen (secondary N) is 1. The highest BCUT2D eigenvalue weighted by molar-refractivity contribution is 7.95. The SMILES string of the molecule is CCCCNCCS(=O)(=O)C1=CC=C(C)CC1. The molecule has 0 heterocycles. The molecule has 0 fully saturated rings. The van der Waals surface area contributed by atoms with Crippen LogP contribution < -0.4 is 5.32 Å². The van der Waals surface area contributed by atoms with E-state index in [0.29, 0.717) is 17.9 Å². The lowest BCUT2D eigenvalue weighted by atomic mass is 10.1. The van der Waals surface area contributed by atoms with Gasteiger partial charge in [-0.25, -0.2) is 8.42 Å². The number of hydrogen-bond donors (Lipinski definition) is 1. The van der Waals surface area contributed by atoms with E-state index >= 15 is 0 Å². The Balaban J connectivity index is 2.41. The molecule has 0 aromatic heterocycles. The molecule has 0 aromatic rings. The minimum absolute atomic E-state index is 0.218. The van der Waals surface area contributed by atoms with E-state index in [0.717, 1.165) is 25.8 Å². The van der Waals surface area contributed by atoms with E-state index in [1.165, 1.54) is 5.57 Å². The minimum Gasteiger partial charge on any atom is -0.316 e. The Morgan fingerprint density at radius 3 is 2.59 bits per heavy atom. The van der Waals surface area contributed by atoms with Gasteiger partial charge in [0.1, 0.15) is 0 Å². The van der Waals surface area contributed by atoms with Crippen molar-refractivity contribution in [3.05, 3.63) is 22.6 Å². The number of unbranched alkanes of at least 4 members (excludes halogenated alkanes) is 1. The minimum atomic E-state index is -3.04. The molecule has 17 heavy (non-hydrogen) atoms. The normalized spacial score (nSPS) is 16.6. The first kappa shape index (κ1) is 14.5. The van der Waals surface area contributed by atoms with Gasteiger partial charge in [0, 0.05) is 11.4 Å². The van der Waals surface area contributed by atoms with Crippen molar-refractivity contribution in [1.29, 1.82) is 0 Å². The van der Waals surface area contributed by atoms with Crippen LogP contribution >= 0.6 is 0 Å². The summed E-state index contributed by atoms with van der Waals surface area (Å²) >= 11 is 0. The molecule has 0 saturated heterocycles. The van der Waals surface area contributed by atoms with Crippen molar-refractivity contribution >= 4 is 9.84 Å². The molecule has 0 spiro atoms. The first-order valence-corrected chi connectivity index (χ1v) is 8.01. The summed E-state index contributed by atoms with van der Waals surface area (Å²) in [6, 6.07) is 0. The summed E-state index contributed by atoms with van der Waals surface area (Å²) in [4.78, 5) is 0.598. The first-order chi connectivity index (χ1) is 8.06. The third kappa shape index (κ3) is 5.04. The molecule has 0 amide bonds. The lowest BCUT2D eigenvalue weighted by Crippen LogP contribution is -2.24. The Morgan fingerprint density at radius 1 is 1.24 bits per heavy atom. The number of hydrogen-bond acceptors (Lipinski definition) is 3. The molecule has 0 aliphatic heterocycles. The van der Waals surface area contributed by atoms with Crippen LogP contribution in [0, 0.1) is 0 Å². The molecule has 1 aliphatic rings. The van der Waals surface area contributed by atoms with Gasteiger partial charge in [-0.2, -0.15) is 0 Å². The topological polar surface area (TPSA) is 46.2 Å². The van der Waals surface area contributed by atoms with Crippen LogP contribution in [0.1, 0.15) is 39.5 Å². The fraction of sp³-hybridized carbons (Fsp3) is 0.692. The molecule has 0 unspecified atom stereocenters. The van der Waals surface area contributed by atoms with Gasteiger partial charge in [-0.1, -0.05) is 25.0 Å². The first-order valence-electron chi connectivity index (χ1n) is 6.36. The van der Waals surface area contributed by atoms with Gasteiger partial charge in [-0.05, 0) is 38.8 Å². The van der Waals surface area contributed by atoms with Crippen LogP contribution in [0.2, 0.25) is 0 Å². The number of rotatable bonds is 7. The molecule has 1 aliphatic carbocycles. The Kier molecular flexibility index (Phi) is 5.92. The maximum Gasteiger partial charge on any atom is 0.175 e. The van der Waals surface area contributed by atoms with Gasteiger partial charge in [0.2, 0.25) is 0 Å². The van der Waals surface area contributed by atoms with Crippen molar-refractivity contribution in [2.24, 2.45) is 0 Å². The molecule has 0 bridgehead atoms. The van der Waals surface area contributed by atoms with Crippen LogP contribution in [0.5, 0.6) is 0 Å². The van der Waals surface area contributed by atoms with Crippen molar-refractivity contribution in [3.8, 4) is 0 Å². The van der Waals surface area contributed by atoms with Crippen LogP contribution in [0.25, 0.3) is 0 Å². The zero-order valence-electron chi connectivity index (χ0n) is 10.8. The maximum atomic E-state index is 12.0. The number of allylic oxidation sites excluding steroid dienone is 4. The predicted octanol–water partition coefficient (Wildman–Crippen LogP) is 2.41. The average Bonchev–Trinajstić information content (AvgIpc) is 2.29. The highest BCUT2D eigenvalue weighted by Gasteiger charge is 2.18. The summed E-state index contributed by atoms with van der Waals surface area (Å²) in [6.07, 6.45) is 7.45. The zero-order valence-corrected chi connectivity index (χ0v) is 11.6. The third-order valence-electron chi connectivity index (χ3n) is 2.97. The van der Waals surface area contributed by atoms with Crippen LogP contribution in [0.15, 0.2) is 22.6 Å². The van der Waals surface area contributed by atoms with Crippen molar-refractivity contribution < 1.29 is 8.42 Å². The van der Waals surface area contributed by atoms with E-state index in [9.17, 15) is 8.42 Å². The van der Waals surface area contributed by atoms with E-state index in [-0.39, 0.29) is 5.75 Å². The molecular weight excluding hydrogens is 234 g/mol. The van der Waals surface area contributed by atoms with Gasteiger partial charge in [-0.3, -0.25) is 0 Å². The maximum absolute atomic E-state index is 12.0.